The van der Waals surface area contributed by atoms with Crippen LogP contribution in [0.15, 0.2) is 48.8 Å². The second-order valence-corrected chi connectivity index (χ2v) is 2.93. The molecule has 0 saturated heterocycles. The maximum absolute atomic E-state index is 4.07. The van der Waals surface area contributed by atoms with E-state index < -0.39 is 0 Å². The molecule has 0 fully saturated rings. The van der Waals surface area contributed by atoms with Crippen LogP contribution in [0.3, 0.4) is 0 Å². The van der Waals surface area contributed by atoms with Gasteiger partial charge in [-0.3, -0.25) is 4.98 Å². The van der Waals surface area contributed by atoms with Crippen LogP contribution in [0, 0.1) is 6.07 Å². The molecule has 0 atom stereocenters. The maximum atomic E-state index is 4.07. The third kappa shape index (κ3) is 2.15. The van der Waals surface area contributed by atoms with Gasteiger partial charge in [-0.25, -0.2) is 0 Å². The second kappa shape index (κ2) is 3.85. The average Bonchev–Trinajstić information content (AvgIpc) is 2.21. The first-order chi connectivity index (χ1) is 6.45. The van der Waals surface area contributed by atoms with Gasteiger partial charge in [0.2, 0.25) is 0 Å². The summed E-state index contributed by atoms with van der Waals surface area (Å²) in [5, 5.41) is 0. The van der Waals surface area contributed by atoms with E-state index in [2.05, 4.69) is 23.2 Å². The number of rotatable bonds is 2. The normalized spacial score (nSPS) is 9.85. The summed E-state index contributed by atoms with van der Waals surface area (Å²) in [5.74, 6) is 0. The molecule has 0 spiro atoms. The molecule has 0 aliphatic carbocycles. The molecule has 1 heterocycles. The van der Waals surface area contributed by atoms with Gasteiger partial charge in [-0.15, -0.1) is 0 Å². The summed E-state index contributed by atoms with van der Waals surface area (Å²) in [6, 6.07) is 15.2. The van der Waals surface area contributed by atoms with Gasteiger partial charge in [0.1, 0.15) is 0 Å². The van der Waals surface area contributed by atoms with E-state index in [4.69, 9.17) is 0 Å². The number of pyridine rings is 1. The minimum atomic E-state index is 0.911. The Morgan fingerprint density at radius 2 is 2.15 bits per heavy atom. The van der Waals surface area contributed by atoms with Gasteiger partial charge >= 0.3 is 0 Å². The van der Waals surface area contributed by atoms with E-state index in [1.165, 1.54) is 11.1 Å². The molecular formula is C12H10N. The van der Waals surface area contributed by atoms with Crippen molar-refractivity contribution in [2.75, 3.05) is 0 Å². The highest BCUT2D eigenvalue weighted by Crippen LogP contribution is 2.06. The van der Waals surface area contributed by atoms with E-state index in [-0.39, 0.29) is 0 Å². The Hall–Kier alpha value is -1.63. The first-order valence-electron chi connectivity index (χ1n) is 4.29. The third-order valence-electron chi connectivity index (χ3n) is 1.89. The Kier molecular flexibility index (Phi) is 2.37. The van der Waals surface area contributed by atoms with Gasteiger partial charge in [-0.05, 0) is 29.7 Å². The molecule has 0 saturated carbocycles. The van der Waals surface area contributed by atoms with E-state index in [0.717, 1.165) is 6.42 Å². The predicted octanol–water partition coefficient (Wildman–Crippen LogP) is 2.47. The summed E-state index contributed by atoms with van der Waals surface area (Å²) in [6.45, 7) is 0. The molecular weight excluding hydrogens is 158 g/mol. The van der Waals surface area contributed by atoms with E-state index in [1.54, 1.807) is 6.20 Å². The van der Waals surface area contributed by atoms with Gasteiger partial charge in [0.25, 0.3) is 0 Å². The first-order valence-corrected chi connectivity index (χ1v) is 4.29. The van der Waals surface area contributed by atoms with Crippen molar-refractivity contribution in [1.29, 1.82) is 0 Å². The van der Waals surface area contributed by atoms with Crippen LogP contribution in [0.2, 0.25) is 0 Å². The average molecular weight is 168 g/mol. The van der Waals surface area contributed by atoms with Crippen molar-refractivity contribution in [2.45, 2.75) is 6.42 Å². The van der Waals surface area contributed by atoms with Crippen LogP contribution in [0.4, 0.5) is 0 Å². The quantitative estimate of drug-likeness (QED) is 0.671. The number of hydrogen-bond donors (Lipinski definition) is 0. The van der Waals surface area contributed by atoms with Crippen molar-refractivity contribution >= 4 is 0 Å². The monoisotopic (exact) mass is 168 g/mol. The van der Waals surface area contributed by atoms with Crippen molar-refractivity contribution in [3.05, 3.63) is 66.0 Å². The molecule has 0 unspecified atom stereocenters. The smallest absolute Gasteiger partial charge is 0.0303 e. The molecule has 1 nitrogen and oxygen atoms in total. The topological polar surface area (TPSA) is 12.9 Å². The van der Waals surface area contributed by atoms with Gasteiger partial charge in [0, 0.05) is 12.4 Å². The van der Waals surface area contributed by atoms with E-state index in [9.17, 15) is 0 Å². The van der Waals surface area contributed by atoms with Gasteiger partial charge in [0.05, 0.1) is 0 Å². The van der Waals surface area contributed by atoms with Crippen LogP contribution < -0.4 is 0 Å². The summed E-state index contributed by atoms with van der Waals surface area (Å²) >= 11 is 0. The van der Waals surface area contributed by atoms with Gasteiger partial charge < -0.3 is 0 Å². The zero-order chi connectivity index (χ0) is 8.93. The molecule has 2 aromatic rings. The fraction of sp³-hybridized carbons (Fsp3) is 0.0833. The fourth-order valence-electron chi connectivity index (χ4n) is 1.26. The van der Waals surface area contributed by atoms with Crippen LogP contribution in [0.5, 0.6) is 0 Å². The lowest BCUT2D eigenvalue weighted by Crippen LogP contribution is -1.87. The molecule has 1 radical (unpaired) electrons. The third-order valence-corrected chi connectivity index (χ3v) is 1.89. The molecule has 1 aromatic carbocycles. The van der Waals surface area contributed by atoms with Gasteiger partial charge in [-0.1, -0.05) is 30.3 Å². The Balaban J connectivity index is 2.16. The van der Waals surface area contributed by atoms with Crippen LogP contribution in [-0.2, 0) is 6.42 Å². The van der Waals surface area contributed by atoms with Crippen molar-refractivity contribution in [2.24, 2.45) is 0 Å². The van der Waals surface area contributed by atoms with E-state index in [1.807, 2.05) is 30.5 Å². The molecule has 1 heteroatoms. The van der Waals surface area contributed by atoms with E-state index >= 15 is 0 Å². The predicted molar refractivity (Wildman–Crippen MR) is 52.3 cm³/mol. The Morgan fingerprint density at radius 1 is 1.15 bits per heavy atom. The van der Waals surface area contributed by atoms with Crippen LogP contribution >= 0.6 is 0 Å². The molecule has 63 valence electrons. The lowest BCUT2D eigenvalue weighted by molar-refractivity contribution is 1.14. The first kappa shape index (κ1) is 7.99. The minimum Gasteiger partial charge on any atom is -0.264 e. The summed E-state index contributed by atoms with van der Waals surface area (Å²) in [6.07, 6.45) is 4.59. The Bertz CT molecular complexity index is 316. The Labute approximate surface area is 78.1 Å². The molecule has 0 amide bonds. The van der Waals surface area contributed by atoms with Crippen molar-refractivity contribution in [3.8, 4) is 0 Å². The highest BCUT2D eigenvalue weighted by atomic mass is 14.6. The van der Waals surface area contributed by atoms with E-state index in [0.29, 0.717) is 0 Å². The lowest BCUT2D eigenvalue weighted by Gasteiger charge is -1.99. The largest absolute Gasteiger partial charge is 0.264 e. The lowest BCUT2D eigenvalue weighted by atomic mass is 10.1. The molecule has 0 aliphatic rings. The fourth-order valence-corrected chi connectivity index (χ4v) is 1.26. The summed E-state index contributed by atoms with van der Waals surface area (Å²) in [4.78, 5) is 4.07. The zero-order valence-electron chi connectivity index (χ0n) is 7.27. The maximum Gasteiger partial charge on any atom is 0.0303 e. The molecule has 0 bridgehead atoms. The highest BCUT2D eigenvalue weighted by Gasteiger charge is 1.93. The van der Waals surface area contributed by atoms with Crippen LogP contribution in [0.1, 0.15) is 11.1 Å². The zero-order valence-corrected chi connectivity index (χ0v) is 7.27. The summed E-state index contributed by atoms with van der Waals surface area (Å²) < 4.78 is 0. The minimum absolute atomic E-state index is 0.911. The number of hydrogen-bond acceptors (Lipinski definition) is 1. The van der Waals surface area contributed by atoms with Crippen molar-refractivity contribution in [3.63, 3.8) is 0 Å². The van der Waals surface area contributed by atoms with Crippen molar-refractivity contribution < 1.29 is 0 Å². The highest BCUT2D eigenvalue weighted by molar-refractivity contribution is 5.22. The second-order valence-electron chi connectivity index (χ2n) is 2.93. The molecule has 2 rings (SSSR count). The van der Waals surface area contributed by atoms with Crippen molar-refractivity contribution in [1.82, 2.24) is 4.98 Å². The molecule has 0 N–H and O–H groups in total. The summed E-state index contributed by atoms with van der Waals surface area (Å²) in [7, 11) is 0. The SMILES string of the molecule is [c]1ccccc1Cc1cccnc1. The molecule has 0 aliphatic heterocycles. The Morgan fingerprint density at radius 3 is 2.85 bits per heavy atom. The molecule has 13 heavy (non-hydrogen) atoms. The van der Waals surface area contributed by atoms with Gasteiger partial charge in [0.15, 0.2) is 0 Å². The van der Waals surface area contributed by atoms with Gasteiger partial charge in [-0.2, -0.15) is 0 Å². The van der Waals surface area contributed by atoms with Crippen LogP contribution in [0.25, 0.3) is 0 Å². The standard InChI is InChI=1S/C12H10N/c1-2-5-11(6-3-1)9-12-7-4-8-13-10-12/h1-5,7-8,10H,9H2. The number of aromatic nitrogens is 1. The number of benzene rings is 1. The summed E-state index contributed by atoms with van der Waals surface area (Å²) in [5.41, 5.74) is 2.43. The molecule has 1 aromatic heterocycles. The van der Waals surface area contributed by atoms with Crippen LogP contribution in [-0.4, -0.2) is 4.98 Å². The number of nitrogens with zero attached hydrogens (tertiary/aromatic N) is 1.